The van der Waals surface area contributed by atoms with Crippen molar-refractivity contribution in [1.82, 2.24) is 25.1 Å². The molecule has 0 spiro atoms. The van der Waals surface area contributed by atoms with E-state index in [9.17, 15) is 9.18 Å². The minimum Gasteiger partial charge on any atom is -0.397 e. The highest BCUT2D eigenvalue weighted by Gasteiger charge is 2.25. The fourth-order valence-corrected chi connectivity index (χ4v) is 4.88. The topological polar surface area (TPSA) is 98.7 Å². The summed E-state index contributed by atoms with van der Waals surface area (Å²) in [5.41, 5.74) is 7.65. The molecule has 30 heavy (non-hydrogen) atoms. The van der Waals surface area contributed by atoms with Crippen molar-refractivity contribution >= 4 is 44.9 Å². The number of aromatic nitrogens is 4. The quantitative estimate of drug-likeness (QED) is 0.444. The third kappa shape index (κ3) is 3.63. The number of amides is 1. The molecule has 152 valence electrons. The molecule has 0 bridgehead atoms. The van der Waals surface area contributed by atoms with Gasteiger partial charge in [-0.2, -0.15) is 0 Å². The van der Waals surface area contributed by atoms with Crippen molar-refractivity contribution in [3.63, 3.8) is 0 Å². The zero-order valence-electron chi connectivity index (χ0n) is 15.7. The van der Waals surface area contributed by atoms with E-state index in [1.807, 2.05) is 12.1 Å². The molecule has 0 radical (unpaired) electrons. The maximum absolute atomic E-state index is 13.5. The number of hydrogen-bond acceptors (Lipinski definition) is 7. The Morgan fingerprint density at radius 1 is 1.27 bits per heavy atom. The largest absolute Gasteiger partial charge is 0.397 e. The maximum atomic E-state index is 13.5. The number of halogens is 1. The van der Waals surface area contributed by atoms with E-state index in [0.717, 1.165) is 27.9 Å². The minimum atomic E-state index is -0.336. The average molecular weight is 441 g/mol. The van der Waals surface area contributed by atoms with E-state index < -0.39 is 0 Å². The Kier molecular flexibility index (Phi) is 4.87. The molecule has 0 aliphatic heterocycles. The normalized spacial score (nSPS) is 13.6. The van der Waals surface area contributed by atoms with Gasteiger partial charge >= 0.3 is 0 Å². The fraction of sp³-hybridized carbons (Fsp3) is 0.200. The summed E-state index contributed by atoms with van der Waals surface area (Å²) >= 11 is 2.71. The Morgan fingerprint density at radius 3 is 2.80 bits per heavy atom. The van der Waals surface area contributed by atoms with Crippen LogP contribution in [0.1, 0.15) is 12.8 Å². The van der Waals surface area contributed by atoms with Crippen LogP contribution in [0.3, 0.4) is 0 Å². The molecule has 7 nitrogen and oxygen atoms in total. The summed E-state index contributed by atoms with van der Waals surface area (Å²) in [5.74, 6) is 0.381. The molecular formula is C20H17FN6OS2. The number of benzene rings is 1. The molecule has 1 amide bonds. The molecule has 3 N–H and O–H groups in total. The lowest BCUT2D eigenvalue weighted by Crippen LogP contribution is -2.27. The number of rotatable bonds is 6. The van der Waals surface area contributed by atoms with Crippen LogP contribution in [0, 0.1) is 5.82 Å². The number of fused-ring (bicyclic) bond motifs is 1. The number of anilines is 1. The van der Waals surface area contributed by atoms with Gasteiger partial charge in [-0.25, -0.2) is 9.37 Å². The van der Waals surface area contributed by atoms with Gasteiger partial charge in [-0.05, 0) is 49.2 Å². The second kappa shape index (κ2) is 7.69. The summed E-state index contributed by atoms with van der Waals surface area (Å²) in [5, 5.41) is 13.0. The number of nitrogens with zero attached hydrogens (tertiary/aromatic N) is 4. The third-order valence-electron chi connectivity index (χ3n) is 4.70. The Hall–Kier alpha value is -2.98. The van der Waals surface area contributed by atoms with Crippen molar-refractivity contribution in [2.75, 3.05) is 11.5 Å². The number of hydrogen-bond donors (Lipinski definition) is 2. The summed E-state index contributed by atoms with van der Waals surface area (Å²) in [6, 6.07) is 10.1. The van der Waals surface area contributed by atoms with Crippen molar-refractivity contribution in [1.29, 1.82) is 0 Å². The lowest BCUT2D eigenvalue weighted by atomic mass is 10.2. The van der Waals surface area contributed by atoms with Gasteiger partial charge in [-0.15, -0.1) is 21.5 Å². The zero-order valence-corrected chi connectivity index (χ0v) is 17.3. The number of pyridine rings is 1. The number of thioether (sulfide) groups is 1. The van der Waals surface area contributed by atoms with E-state index >= 15 is 0 Å². The second-order valence-electron chi connectivity index (χ2n) is 6.95. The van der Waals surface area contributed by atoms with Crippen LogP contribution in [0.4, 0.5) is 10.1 Å². The fourth-order valence-electron chi connectivity index (χ4n) is 3.08. The molecule has 0 atom stereocenters. The van der Waals surface area contributed by atoms with Crippen LogP contribution in [0.5, 0.6) is 0 Å². The van der Waals surface area contributed by atoms with Crippen LogP contribution in [-0.2, 0) is 4.79 Å². The standard InChI is InChI=1S/C20H17FN6OS2/c21-11-3-7-13(8-4-11)27-18(17-16(22)14-2-1-9-23-19(14)30-17)25-26-20(27)29-10-15(28)24-12-5-6-12/h1-4,7-9,12H,5-6,10,22H2,(H,24,28). The van der Waals surface area contributed by atoms with E-state index in [-0.39, 0.29) is 17.5 Å². The van der Waals surface area contributed by atoms with Gasteiger partial charge in [0.2, 0.25) is 5.91 Å². The van der Waals surface area contributed by atoms with E-state index in [2.05, 4.69) is 20.5 Å². The minimum absolute atomic E-state index is 0.0386. The van der Waals surface area contributed by atoms with Gasteiger partial charge in [0, 0.05) is 23.3 Å². The Bertz CT molecular complexity index is 1230. The van der Waals surface area contributed by atoms with E-state index in [1.165, 1.54) is 35.2 Å². The second-order valence-corrected chi connectivity index (χ2v) is 8.89. The summed E-state index contributed by atoms with van der Waals surface area (Å²) < 4.78 is 15.3. The molecule has 3 aromatic heterocycles. The maximum Gasteiger partial charge on any atom is 0.230 e. The zero-order chi connectivity index (χ0) is 20.7. The van der Waals surface area contributed by atoms with Crippen LogP contribution < -0.4 is 11.1 Å². The number of carbonyl (C=O) groups is 1. The molecule has 1 aliphatic carbocycles. The summed E-state index contributed by atoms with van der Waals surface area (Å²) in [6.07, 6.45) is 3.78. The van der Waals surface area contributed by atoms with E-state index in [0.29, 0.717) is 28.4 Å². The molecule has 0 saturated heterocycles. The van der Waals surface area contributed by atoms with Crippen LogP contribution in [0.2, 0.25) is 0 Å². The molecule has 3 heterocycles. The molecule has 0 unspecified atom stereocenters. The smallest absolute Gasteiger partial charge is 0.230 e. The monoisotopic (exact) mass is 440 g/mol. The first-order valence-corrected chi connectivity index (χ1v) is 11.2. The van der Waals surface area contributed by atoms with Gasteiger partial charge in [0.05, 0.1) is 16.3 Å². The first-order valence-electron chi connectivity index (χ1n) is 9.37. The van der Waals surface area contributed by atoms with Gasteiger partial charge in [0.15, 0.2) is 11.0 Å². The molecule has 10 heteroatoms. The highest BCUT2D eigenvalue weighted by atomic mass is 32.2. The first kappa shape index (κ1) is 19.0. The summed E-state index contributed by atoms with van der Waals surface area (Å²) in [6.45, 7) is 0. The molecule has 1 fully saturated rings. The average Bonchev–Trinajstić information content (AvgIpc) is 3.37. The molecule has 1 saturated carbocycles. The van der Waals surface area contributed by atoms with Gasteiger partial charge < -0.3 is 11.1 Å². The van der Waals surface area contributed by atoms with Crippen LogP contribution in [-0.4, -0.2) is 37.5 Å². The van der Waals surface area contributed by atoms with Gasteiger partial charge in [-0.1, -0.05) is 11.8 Å². The van der Waals surface area contributed by atoms with E-state index in [1.54, 1.807) is 22.9 Å². The first-order chi connectivity index (χ1) is 14.6. The Balaban J connectivity index is 1.56. The van der Waals surface area contributed by atoms with Crippen molar-refractivity contribution in [3.05, 3.63) is 48.4 Å². The predicted molar refractivity (Wildman–Crippen MR) is 116 cm³/mol. The van der Waals surface area contributed by atoms with Crippen LogP contribution >= 0.6 is 23.1 Å². The van der Waals surface area contributed by atoms with Crippen LogP contribution in [0.25, 0.3) is 26.6 Å². The SMILES string of the molecule is Nc1c(-c2nnc(SCC(=O)NC3CC3)n2-c2ccc(F)cc2)sc2ncccc12. The molecular weight excluding hydrogens is 423 g/mol. The highest BCUT2D eigenvalue weighted by Crippen LogP contribution is 2.40. The van der Waals surface area contributed by atoms with Crippen molar-refractivity contribution in [2.24, 2.45) is 0 Å². The molecule has 4 aromatic rings. The van der Waals surface area contributed by atoms with Gasteiger partial charge in [-0.3, -0.25) is 9.36 Å². The molecule has 1 aromatic carbocycles. The van der Waals surface area contributed by atoms with Gasteiger partial charge in [0.1, 0.15) is 10.6 Å². The predicted octanol–water partition coefficient (Wildman–Crippen LogP) is 3.64. The van der Waals surface area contributed by atoms with E-state index in [4.69, 9.17) is 5.73 Å². The molecule has 1 aliphatic rings. The lowest BCUT2D eigenvalue weighted by Gasteiger charge is -2.10. The van der Waals surface area contributed by atoms with Crippen LogP contribution in [0.15, 0.2) is 47.8 Å². The van der Waals surface area contributed by atoms with Crippen molar-refractivity contribution < 1.29 is 9.18 Å². The number of nitrogen functional groups attached to an aromatic ring is 1. The van der Waals surface area contributed by atoms with Crippen molar-refractivity contribution in [3.8, 4) is 16.4 Å². The summed E-state index contributed by atoms with van der Waals surface area (Å²) in [7, 11) is 0. The number of thiophene rings is 1. The number of carbonyl (C=O) groups excluding carboxylic acids is 1. The lowest BCUT2D eigenvalue weighted by molar-refractivity contribution is -0.118. The Morgan fingerprint density at radius 2 is 2.07 bits per heavy atom. The van der Waals surface area contributed by atoms with Crippen molar-refractivity contribution in [2.45, 2.75) is 24.0 Å². The summed E-state index contributed by atoms with van der Waals surface area (Å²) in [4.78, 5) is 18.1. The molecule has 5 rings (SSSR count). The Labute approximate surface area is 179 Å². The third-order valence-corrected chi connectivity index (χ3v) is 6.76. The number of nitrogens with one attached hydrogen (secondary N) is 1. The number of nitrogens with two attached hydrogens (primary N) is 1. The highest BCUT2D eigenvalue weighted by molar-refractivity contribution is 7.99. The van der Waals surface area contributed by atoms with Gasteiger partial charge in [0.25, 0.3) is 0 Å².